The van der Waals surface area contributed by atoms with E-state index in [1.54, 1.807) is 30.5 Å². The number of furan rings is 1. The fourth-order valence-corrected chi connectivity index (χ4v) is 2.56. The van der Waals surface area contributed by atoms with E-state index in [0.29, 0.717) is 29.1 Å². The molecule has 27 heavy (non-hydrogen) atoms. The summed E-state index contributed by atoms with van der Waals surface area (Å²) in [4.78, 5) is 28.6. The molecule has 144 valence electrons. The molecule has 2 aromatic rings. The first-order valence-electron chi connectivity index (χ1n) is 9.06. The van der Waals surface area contributed by atoms with E-state index in [-0.39, 0.29) is 25.2 Å². The molecule has 1 atom stereocenters. The van der Waals surface area contributed by atoms with Crippen molar-refractivity contribution in [2.75, 3.05) is 0 Å². The summed E-state index contributed by atoms with van der Waals surface area (Å²) in [5.41, 5.74) is 0.903. The van der Waals surface area contributed by atoms with Gasteiger partial charge in [-0.3, -0.25) is 9.78 Å². The molecule has 0 aliphatic heterocycles. The van der Waals surface area contributed by atoms with Gasteiger partial charge in [-0.1, -0.05) is 19.9 Å². The standard InChI is InChI=1S/C21H25NO5/c1-3-4-6-15(2)18(24)9-11-20(19-10-8-17(14-23)26-19)27-21(25)16-7-5-12-22-13-16/h5,7-8,10,12-13,20,23H,2-4,6,9,11,14H2,1H3/t20-/m0/s1. The molecular weight excluding hydrogens is 346 g/mol. The summed E-state index contributed by atoms with van der Waals surface area (Å²) in [5.74, 6) is 0.168. The van der Waals surface area contributed by atoms with Gasteiger partial charge in [0.2, 0.25) is 0 Å². The molecule has 0 spiro atoms. The van der Waals surface area contributed by atoms with Crippen LogP contribution >= 0.6 is 0 Å². The minimum absolute atomic E-state index is 0.0418. The van der Waals surface area contributed by atoms with Gasteiger partial charge in [-0.2, -0.15) is 0 Å². The highest BCUT2D eigenvalue weighted by atomic mass is 16.6. The number of pyridine rings is 1. The monoisotopic (exact) mass is 371 g/mol. The number of aromatic nitrogens is 1. The van der Waals surface area contributed by atoms with Crippen molar-refractivity contribution < 1.29 is 23.8 Å². The van der Waals surface area contributed by atoms with Gasteiger partial charge in [-0.15, -0.1) is 0 Å². The lowest BCUT2D eigenvalue weighted by Crippen LogP contribution is -2.13. The molecule has 6 heteroatoms. The highest BCUT2D eigenvalue weighted by Crippen LogP contribution is 2.27. The summed E-state index contributed by atoms with van der Waals surface area (Å²) in [5, 5.41) is 9.19. The Morgan fingerprint density at radius 3 is 2.74 bits per heavy atom. The number of ketones is 1. The third-order valence-electron chi connectivity index (χ3n) is 4.16. The van der Waals surface area contributed by atoms with Gasteiger partial charge in [-0.25, -0.2) is 4.79 Å². The second-order valence-electron chi connectivity index (χ2n) is 6.27. The molecule has 0 aromatic carbocycles. The zero-order valence-electron chi connectivity index (χ0n) is 15.5. The largest absolute Gasteiger partial charge is 0.460 e. The zero-order chi connectivity index (χ0) is 19.6. The van der Waals surface area contributed by atoms with E-state index in [4.69, 9.17) is 9.15 Å². The SMILES string of the molecule is C=C(CCCC)C(=O)CC[C@H](OC(=O)c1cccnc1)c1ccc(CO)o1. The molecule has 0 saturated carbocycles. The number of hydrogen-bond acceptors (Lipinski definition) is 6. The van der Waals surface area contributed by atoms with Crippen LogP contribution in [0.2, 0.25) is 0 Å². The highest BCUT2D eigenvalue weighted by molar-refractivity contribution is 5.94. The van der Waals surface area contributed by atoms with Crippen molar-refractivity contribution in [2.24, 2.45) is 0 Å². The quantitative estimate of drug-likeness (QED) is 0.471. The van der Waals surface area contributed by atoms with E-state index in [2.05, 4.69) is 18.5 Å². The summed E-state index contributed by atoms with van der Waals surface area (Å²) < 4.78 is 11.1. The lowest BCUT2D eigenvalue weighted by molar-refractivity contribution is -0.116. The van der Waals surface area contributed by atoms with Crippen LogP contribution in [0.3, 0.4) is 0 Å². The van der Waals surface area contributed by atoms with Crippen LogP contribution in [-0.4, -0.2) is 21.8 Å². The van der Waals surface area contributed by atoms with Crippen molar-refractivity contribution >= 4 is 11.8 Å². The summed E-state index contributed by atoms with van der Waals surface area (Å²) in [6.45, 7) is 5.65. The molecular formula is C21H25NO5. The zero-order valence-corrected chi connectivity index (χ0v) is 15.5. The Kier molecular flexibility index (Phi) is 7.95. The molecule has 2 heterocycles. The van der Waals surface area contributed by atoms with Crippen LogP contribution in [-0.2, 0) is 16.1 Å². The number of aliphatic hydroxyl groups excluding tert-OH is 1. The summed E-state index contributed by atoms with van der Waals surface area (Å²) in [6, 6.07) is 6.50. The van der Waals surface area contributed by atoms with E-state index < -0.39 is 12.1 Å². The third-order valence-corrected chi connectivity index (χ3v) is 4.16. The predicted octanol–water partition coefficient (Wildman–Crippen LogP) is 4.16. The number of unbranched alkanes of at least 4 members (excludes halogenated alkanes) is 1. The maximum Gasteiger partial charge on any atom is 0.340 e. The van der Waals surface area contributed by atoms with Crippen LogP contribution in [0.5, 0.6) is 0 Å². The highest BCUT2D eigenvalue weighted by Gasteiger charge is 2.23. The van der Waals surface area contributed by atoms with E-state index in [0.717, 1.165) is 12.8 Å². The Hall–Kier alpha value is -2.73. The fraction of sp³-hybridized carbons (Fsp3) is 0.381. The maximum atomic E-state index is 12.4. The maximum absolute atomic E-state index is 12.4. The lowest BCUT2D eigenvalue weighted by Gasteiger charge is -2.16. The molecule has 1 N–H and O–H groups in total. The van der Waals surface area contributed by atoms with Gasteiger partial charge >= 0.3 is 5.97 Å². The number of allylic oxidation sites excluding steroid dienone is 1. The molecule has 0 unspecified atom stereocenters. The summed E-state index contributed by atoms with van der Waals surface area (Å²) >= 11 is 0. The molecule has 0 bridgehead atoms. The second-order valence-corrected chi connectivity index (χ2v) is 6.27. The topological polar surface area (TPSA) is 89.6 Å². The van der Waals surface area contributed by atoms with Gasteiger partial charge in [0.1, 0.15) is 18.1 Å². The minimum Gasteiger partial charge on any atom is -0.460 e. The van der Waals surface area contributed by atoms with Crippen molar-refractivity contribution in [3.8, 4) is 0 Å². The van der Waals surface area contributed by atoms with Crippen LogP contribution in [0.4, 0.5) is 0 Å². The summed E-state index contributed by atoms with van der Waals surface area (Å²) in [7, 11) is 0. The van der Waals surface area contributed by atoms with E-state index in [1.165, 1.54) is 6.20 Å². The first kappa shape index (κ1) is 20.6. The Morgan fingerprint density at radius 2 is 2.11 bits per heavy atom. The number of esters is 1. The molecule has 2 aromatic heterocycles. The van der Waals surface area contributed by atoms with Crippen molar-refractivity contribution in [2.45, 2.75) is 51.7 Å². The number of nitrogens with zero attached hydrogens (tertiary/aromatic N) is 1. The molecule has 0 fully saturated rings. The number of Topliss-reactive ketones (excluding diaryl/α,β-unsaturated/α-hetero) is 1. The number of ether oxygens (including phenoxy) is 1. The average molecular weight is 371 g/mol. The lowest BCUT2D eigenvalue weighted by atomic mass is 10.0. The normalized spacial score (nSPS) is 11.8. The third kappa shape index (κ3) is 6.18. The van der Waals surface area contributed by atoms with Gasteiger partial charge in [0.25, 0.3) is 0 Å². The predicted molar refractivity (Wildman–Crippen MR) is 99.9 cm³/mol. The van der Waals surface area contributed by atoms with E-state index in [9.17, 15) is 14.7 Å². The van der Waals surface area contributed by atoms with Crippen molar-refractivity contribution in [1.82, 2.24) is 4.98 Å². The molecule has 0 saturated heterocycles. The number of aliphatic hydroxyl groups is 1. The molecule has 0 amide bonds. The molecule has 2 rings (SSSR count). The number of carbonyl (C=O) groups is 2. The van der Waals surface area contributed by atoms with E-state index in [1.807, 2.05) is 0 Å². The van der Waals surface area contributed by atoms with Gasteiger partial charge in [0.05, 0.1) is 5.56 Å². The van der Waals surface area contributed by atoms with Gasteiger partial charge < -0.3 is 14.3 Å². The first-order chi connectivity index (χ1) is 13.0. The Morgan fingerprint density at radius 1 is 1.30 bits per heavy atom. The number of carbonyl (C=O) groups excluding carboxylic acids is 2. The average Bonchev–Trinajstić information content (AvgIpc) is 3.18. The first-order valence-corrected chi connectivity index (χ1v) is 9.06. The molecule has 6 nitrogen and oxygen atoms in total. The van der Waals surface area contributed by atoms with Crippen molar-refractivity contribution in [3.05, 3.63) is 65.9 Å². The minimum atomic E-state index is -0.735. The van der Waals surface area contributed by atoms with Crippen LogP contribution in [0, 0.1) is 0 Å². The second kappa shape index (κ2) is 10.4. The van der Waals surface area contributed by atoms with Crippen molar-refractivity contribution in [1.29, 1.82) is 0 Å². The number of hydrogen-bond donors (Lipinski definition) is 1. The molecule has 0 radical (unpaired) electrons. The van der Waals surface area contributed by atoms with Gasteiger partial charge in [0, 0.05) is 18.8 Å². The Balaban J connectivity index is 2.07. The van der Waals surface area contributed by atoms with Crippen LogP contribution in [0.1, 0.15) is 67.0 Å². The van der Waals surface area contributed by atoms with Crippen LogP contribution in [0.25, 0.3) is 0 Å². The Labute approximate surface area is 158 Å². The Bertz CT molecular complexity index is 766. The van der Waals surface area contributed by atoms with Gasteiger partial charge in [-0.05, 0) is 49.1 Å². The van der Waals surface area contributed by atoms with Gasteiger partial charge in [0.15, 0.2) is 11.9 Å². The number of rotatable bonds is 11. The van der Waals surface area contributed by atoms with Crippen LogP contribution < -0.4 is 0 Å². The fourth-order valence-electron chi connectivity index (χ4n) is 2.56. The van der Waals surface area contributed by atoms with Crippen LogP contribution in [0.15, 0.2) is 53.2 Å². The smallest absolute Gasteiger partial charge is 0.340 e. The molecule has 0 aliphatic carbocycles. The summed E-state index contributed by atoms with van der Waals surface area (Å²) in [6.07, 6.45) is 5.30. The van der Waals surface area contributed by atoms with Crippen molar-refractivity contribution in [3.63, 3.8) is 0 Å². The van der Waals surface area contributed by atoms with E-state index >= 15 is 0 Å². The molecule has 0 aliphatic rings.